The third-order valence-electron chi connectivity index (χ3n) is 2.59. The van der Waals surface area contributed by atoms with E-state index in [0.717, 1.165) is 37.7 Å². The Balaban J connectivity index is 1.80. The number of fused-ring (bicyclic) bond motifs is 1. The van der Waals surface area contributed by atoms with Gasteiger partial charge in [-0.25, -0.2) is 9.97 Å². The van der Waals surface area contributed by atoms with Gasteiger partial charge >= 0.3 is 0 Å². The van der Waals surface area contributed by atoms with Crippen LogP contribution in [0, 0.1) is 0 Å². The predicted molar refractivity (Wildman–Crippen MR) is 87.4 cm³/mol. The van der Waals surface area contributed by atoms with E-state index in [9.17, 15) is 0 Å². The summed E-state index contributed by atoms with van der Waals surface area (Å²) in [5.74, 6) is 0. The molecule has 0 bridgehead atoms. The van der Waals surface area contributed by atoms with Crippen molar-refractivity contribution in [2.75, 3.05) is 19.4 Å². The Morgan fingerprint density at radius 1 is 1.25 bits per heavy atom. The summed E-state index contributed by atoms with van der Waals surface area (Å²) in [5, 5.41) is 7.76. The van der Waals surface area contributed by atoms with Crippen LogP contribution in [0.25, 0.3) is 10.2 Å². The van der Waals surface area contributed by atoms with E-state index in [2.05, 4.69) is 25.6 Å². The predicted octanol–water partition coefficient (Wildman–Crippen LogP) is 4.21. The quantitative estimate of drug-likeness (QED) is 0.780. The molecule has 104 valence electrons. The zero-order valence-corrected chi connectivity index (χ0v) is 13.4. The molecule has 0 saturated heterocycles. The van der Waals surface area contributed by atoms with E-state index in [0.29, 0.717) is 0 Å². The van der Waals surface area contributed by atoms with Crippen molar-refractivity contribution in [1.82, 2.24) is 14.9 Å². The lowest BCUT2D eigenvalue weighted by molar-refractivity contribution is 0.398. The molecule has 3 rings (SSSR count). The Morgan fingerprint density at radius 2 is 2.10 bits per heavy atom. The topological polar surface area (TPSA) is 41.0 Å². The largest absolute Gasteiger partial charge is 0.307 e. The molecule has 0 unspecified atom stereocenters. The standard InChI is InChI=1S/C13H13ClN4S2/c1-18(2)6-9-7-19-12(15-9)17-13-16-10-4-3-8(14)5-11(10)20-13/h3-5,7H,6H2,1-2H3,(H,15,16,17). The molecule has 0 amide bonds. The summed E-state index contributed by atoms with van der Waals surface area (Å²) < 4.78 is 1.07. The van der Waals surface area contributed by atoms with Gasteiger partial charge < -0.3 is 10.2 Å². The molecular formula is C13H13ClN4S2. The van der Waals surface area contributed by atoms with E-state index >= 15 is 0 Å². The van der Waals surface area contributed by atoms with Crippen LogP contribution < -0.4 is 5.32 Å². The van der Waals surface area contributed by atoms with Crippen LogP contribution in [0.5, 0.6) is 0 Å². The molecule has 1 aromatic carbocycles. The molecule has 2 aromatic heterocycles. The summed E-state index contributed by atoms with van der Waals surface area (Å²) in [6.45, 7) is 0.841. The molecule has 2 heterocycles. The van der Waals surface area contributed by atoms with E-state index in [1.807, 2.05) is 32.3 Å². The highest BCUT2D eigenvalue weighted by Crippen LogP contribution is 2.31. The molecule has 4 nitrogen and oxygen atoms in total. The van der Waals surface area contributed by atoms with Gasteiger partial charge in [-0.05, 0) is 32.3 Å². The lowest BCUT2D eigenvalue weighted by Crippen LogP contribution is -2.10. The summed E-state index contributed by atoms with van der Waals surface area (Å²) in [6, 6.07) is 5.71. The second-order valence-electron chi connectivity index (χ2n) is 4.64. The maximum Gasteiger partial charge on any atom is 0.190 e. The van der Waals surface area contributed by atoms with Gasteiger partial charge in [0.05, 0.1) is 15.9 Å². The van der Waals surface area contributed by atoms with Gasteiger partial charge in [0, 0.05) is 16.9 Å². The first-order valence-corrected chi connectivity index (χ1v) is 8.10. The lowest BCUT2D eigenvalue weighted by Gasteiger charge is -2.05. The zero-order valence-electron chi connectivity index (χ0n) is 11.1. The Labute approximate surface area is 130 Å². The minimum Gasteiger partial charge on any atom is -0.307 e. The Bertz CT molecular complexity index is 735. The number of nitrogens with zero attached hydrogens (tertiary/aromatic N) is 3. The SMILES string of the molecule is CN(C)Cc1csc(Nc2nc3ccc(Cl)cc3s2)n1. The van der Waals surface area contributed by atoms with Crippen LogP contribution in [-0.2, 0) is 6.54 Å². The second kappa shape index (κ2) is 5.65. The molecule has 0 aliphatic heterocycles. The Hall–Kier alpha value is -1.21. The molecule has 0 aliphatic rings. The van der Waals surface area contributed by atoms with Gasteiger partial charge in [-0.3, -0.25) is 0 Å². The number of aromatic nitrogens is 2. The number of halogens is 1. The number of thiazole rings is 2. The fraction of sp³-hybridized carbons (Fsp3) is 0.231. The average Bonchev–Trinajstić information content (AvgIpc) is 2.95. The molecule has 0 radical (unpaired) electrons. The summed E-state index contributed by atoms with van der Waals surface area (Å²) in [7, 11) is 4.06. The molecule has 1 N–H and O–H groups in total. The van der Waals surface area contributed by atoms with Crippen molar-refractivity contribution in [1.29, 1.82) is 0 Å². The van der Waals surface area contributed by atoms with Crippen molar-refractivity contribution in [3.8, 4) is 0 Å². The van der Waals surface area contributed by atoms with Crippen LogP contribution in [0.3, 0.4) is 0 Å². The van der Waals surface area contributed by atoms with E-state index in [1.54, 1.807) is 22.7 Å². The van der Waals surface area contributed by atoms with Gasteiger partial charge in [0.25, 0.3) is 0 Å². The van der Waals surface area contributed by atoms with Gasteiger partial charge in [0.15, 0.2) is 10.3 Å². The minimum absolute atomic E-state index is 0.732. The van der Waals surface area contributed by atoms with Crippen molar-refractivity contribution < 1.29 is 0 Å². The molecule has 0 fully saturated rings. The van der Waals surface area contributed by atoms with E-state index in [-0.39, 0.29) is 0 Å². The highest BCUT2D eigenvalue weighted by atomic mass is 35.5. The van der Waals surface area contributed by atoms with Crippen molar-refractivity contribution in [3.05, 3.63) is 34.3 Å². The van der Waals surface area contributed by atoms with Crippen LogP contribution in [0.2, 0.25) is 5.02 Å². The fourth-order valence-corrected chi connectivity index (χ4v) is 3.71. The van der Waals surface area contributed by atoms with Crippen molar-refractivity contribution >= 4 is 54.8 Å². The summed E-state index contributed by atoms with van der Waals surface area (Å²) in [4.78, 5) is 11.2. The summed E-state index contributed by atoms with van der Waals surface area (Å²) in [5.41, 5.74) is 2.01. The molecular weight excluding hydrogens is 312 g/mol. The first kappa shape index (κ1) is 13.8. The van der Waals surface area contributed by atoms with E-state index in [1.165, 1.54) is 0 Å². The van der Waals surface area contributed by atoms with Crippen molar-refractivity contribution in [2.24, 2.45) is 0 Å². The van der Waals surface area contributed by atoms with Gasteiger partial charge in [-0.15, -0.1) is 11.3 Å². The zero-order chi connectivity index (χ0) is 14.1. The average molecular weight is 325 g/mol. The fourth-order valence-electron chi connectivity index (χ4n) is 1.80. The second-order valence-corrected chi connectivity index (χ2v) is 6.96. The first-order valence-electron chi connectivity index (χ1n) is 6.02. The van der Waals surface area contributed by atoms with Crippen LogP contribution in [-0.4, -0.2) is 29.0 Å². The molecule has 0 spiro atoms. The smallest absolute Gasteiger partial charge is 0.190 e. The van der Waals surface area contributed by atoms with Gasteiger partial charge in [-0.1, -0.05) is 22.9 Å². The number of anilines is 2. The number of nitrogens with one attached hydrogen (secondary N) is 1. The van der Waals surface area contributed by atoms with Gasteiger partial charge in [0.2, 0.25) is 0 Å². The Morgan fingerprint density at radius 3 is 2.90 bits per heavy atom. The van der Waals surface area contributed by atoms with Crippen LogP contribution in [0.15, 0.2) is 23.6 Å². The van der Waals surface area contributed by atoms with E-state index < -0.39 is 0 Å². The van der Waals surface area contributed by atoms with Gasteiger partial charge in [0.1, 0.15) is 0 Å². The number of hydrogen-bond donors (Lipinski definition) is 1. The third kappa shape index (κ3) is 3.09. The van der Waals surface area contributed by atoms with Crippen LogP contribution in [0.4, 0.5) is 10.3 Å². The van der Waals surface area contributed by atoms with Crippen LogP contribution in [0.1, 0.15) is 5.69 Å². The molecule has 0 aliphatic carbocycles. The molecule has 0 atom stereocenters. The highest BCUT2D eigenvalue weighted by Gasteiger charge is 2.07. The lowest BCUT2D eigenvalue weighted by atomic mass is 10.3. The monoisotopic (exact) mass is 324 g/mol. The maximum absolute atomic E-state index is 5.98. The molecule has 3 aromatic rings. The summed E-state index contributed by atoms with van der Waals surface area (Å²) >= 11 is 9.15. The summed E-state index contributed by atoms with van der Waals surface area (Å²) in [6.07, 6.45) is 0. The Kier molecular flexibility index (Phi) is 3.89. The molecule has 20 heavy (non-hydrogen) atoms. The van der Waals surface area contributed by atoms with E-state index in [4.69, 9.17) is 11.6 Å². The first-order chi connectivity index (χ1) is 9.60. The number of benzene rings is 1. The normalized spacial score (nSPS) is 11.4. The van der Waals surface area contributed by atoms with Crippen molar-refractivity contribution in [3.63, 3.8) is 0 Å². The van der Waals surface area contributed by atoms with Gasteiger partial charge in [-0.2, -0.15) is 0 Å². The highest BCUT2D eigenvalue weighted by molar-refractivity contribution is 7.22. The maximum atomic E-state index is 5.98. The van der Waals surface area contributed by atoms with Crippen LogP contribution >= 0.6 is 34.3 Å². The number of hydrogen-bond acceptors (Lipinski definition) is 6. The van der Waals surface area contributed by atoms with Crippen molar-refractivity contribution in [2.45, 2.75) is 6.54 Å². The number of rotatable bonds is 4. The third-order valence-corrected chi connectivity index (χ3v) is 4.57. The minimum atomic E-state index is 0.732. The molecule has 7 heteroatoms. The molecule has 0 saturated carbocycles.